The number of carbonyl (C=O) groups is 1. The first-order valence-electron chi connectivity index (χ1n) is 2.93. The number of nitrogens with two attached hydrogens (primary N) is 1. The van der Waals surface area contributed by atoms with Crippen LogP contribution in [0.2, 0.25) is 0 Å². The second-order valence-electron chi connectivity index (χ2n) is 1.94. The first kappa shape index (κ1) is 9.83. The molecular formula is C5H10LiN2O2. The molecule has 53 valence electrons. The van der Waals surface area contributed by atoms with Crippen LogP contribution in [0.4, 0.5) is 4.79 Å². The van der Waals surface area contributed by atoms with E-state index in [1.807, 2.05) is 0 Å². The third-order valence-electron chi connectivity index (χ3n) is 1.32. The van der Waals surface area contributed by atoms with Gasteiger partial charge >= 0.3 is 6.03 Å². The molecule has 1 radical (unpaired) electrons. The fraction of sp³-hybridized carbons (Fsp3) is 0.800. The Balaban J connectivity index is 0.000000810. The van der Waals surface area contributed by atoms with E-state index in [-0.39, 0.29) is 24.9 Å². The monoisotopic (exact) mass is 137 g/mol. The Kier molecular flexibility index (Phi) is 4.53. The third kappa shape index (κ3) is 2.61. The molecule has 0 aliphatic carbocycles. The summed E-state index contributed by atoms with van der Waals surface area (Å²) in [6, 6.07) is -0.349. The van der Waals surface area contributed by atoms with E-state index in [0.29, 0.717) is 26.3 Å². The van der Waals surface area contributed by atoms with Crippen molar-refractivity contribution in [2.75, 3.05) is 26.3 Å². The van der Waals surface area contributed by atoms with Crippen LogP contribution in [0.5, 0.6) is 0 Å². The average molecular weight is 137 g/mol. The van der Waals surface area contributed by atoms with Crippen LogP contribution in [0.25, 0.3) is 0 Å². The molecular weight excluding hydrogens is 127 g/mol. The van der Waals surface area contributed by atoms with Crippen LogP contribution < -0.4 is 5.73 Å². The zero-order valence-corrected chi connectivity index (χ0v) is 6.17. The molecule has 10 heavy (non-hydrogen) atoms. The summed E-state index contributed by atoms with van der Waals surface area (Å²) in [4.78, 5) is 12.0. The second kappa shape index (κ2) is 4.61. The molecule has 5 heteroatoms. The van der Waals surface area contributed by atoms with Crippen LogP contribution in [0.15, 0.2) is 0 Å². The molecule has 0 bridgehead atoms. The largest absolute Gasteiger partial charge is 0.378 e. The smallest absolute Gasteiger partial charge is 0.314 e. The third-order valence-corrected chi connectivity index (χ3v) is 1.32. The number of ether oxygens (including phenoxy) is 1. The summed E-state index contributed by atoms with van der Waals surface area (Å²) in [6.45, 7) is 2.50. The molecule has 0 saturated carbocycles. The molecule has 4 nitrogen and oxygen atoms in total. The Hall–Kier alpha value is -0.173. The molecule has 2 N–H and O–H groups in total. The van der Waals surface area contributed by atoms with Crippen molar-refractivity contribution in [3.63, 3.8) is 0 Å². The molecule has 2 amide bonds. The predicted octanol–water partition coefficient (Wildman–Crippen LogP) is -0.984. The van der Waals surface area contributed by atoms with Gasteiger partial charge < -0.3 is 15.4 Å². The van der Waals surface area contributed by atoms with Crippen molar-refractivity contribution < 1.29 is 9.53 Å². The van der Waals surface area contributed by atoms with Gasteiger partial charge in [-0.1, -0.05) is 0 Å². The van der Waals surface area contributed by atoms with Crippen molar-refractivity contribution in [1.29, 1.82) is 0 Å². The fourth-order valence-corrected chi connectivity index (χ4v) is 0.784. The van der Waals surface area contributed by atoms with E-state index in [0.717, 1.165) is 0 Å². The minimum Gasteiger partial charge on any atom is -0.378 e. The standard InChI is InChI=1S/C5H10N2O2.Li/c6-5(8)7-1-3-9-4-2-7;/h1-4H2,(H2,6,8);. The van der Waals surface area contributed by atoms with Gasteiger partial charge in [0.05, 0.1) is 13.2 Å². The number of carbonyl (C=O) groups excluding carboxylic acids is 1. The molecule has 1 fully saturated rings. The van der Waals surface area contributed by atoms with E-state index in [2.05, 4.69) is 0 Å². The fourth-order valence-electron chi connectivity index (χ4n) is 0.784. The Bertz CT molecular complexity index is 114. The van der Waals surface area contributed by atoms with Crippen LogP contribution in [0, 0.1) is 0 Å². The molecule has 1 aliphatic rings. The summed E-state index contributed by atoms with van der Waals surface area (Å²) in [7, 11) is 0. The Labute approximate surface area is 71.9 Å². The van der Waals surface area contributed by atoms with Crippen molar-refractivity contribution in [3.8, 4) is 0 Å². The number of morpholine rings is 1. The number of urea groups is 1. The molecule has 0 aromatic heterocycles. The maximum atomic E-state index is 10.4. The first-order chi connectivity index (χ1) is 4.30. The summed E-state index contributed by atoms with van der Waals surface area (Å²) in [5.41, 5.74) is 5.00. The predicted molar refractivity (Wildman–Crippen MR) is 37.7 cm³/mol. The van der Waals surface area contributed by atoms with Crippen molar-refractivity contribution in [3.05, 3.63) is 0 Å². The van der Waals surface area contributed by atoms with Crippen molar-refractivity contribution in [1.82, 2.24) is 4.90 Å². The van der Waals surface area contributed by atoms with E-state index >= 15 is 0 Å². The van der Waals surface area contributed by atoms with E-state index in [1.54, 1.807) is 4.90 Å². The van der Waals surface area contributed by atoms with Crippen LogP contribution in [-0.2, 0) is 4.74 Å². The molecule has 0 spiro atoms. The van der Waals surface area contributed by atoms with E-state index in [9.17, 15) is 4.79 Å². The zero-order valence-electron chi connectivity index (χ0n) is 6.17. The van der Waals surface area contributed by atoms with Crippen molar-refractivity contribution in [2.24, 2.45) is 5.73 Å². The second-order valence-corrected chi connectivity index (χ2v) is 1.94. The minimum atomic E-state index is -0.349. The number of hydrogen-bond donors (Lipinski definition) is 1. The van der Waals surface area contributed by atoms with Gasteiger partial charge in [0.2, 0.25) is 0 Å². The van der Waals surface area contributed by atoms with Gasteiger partial charge in [-0.2, -0.15) is 0 Å². The van der Waals surface area contributed by atoms with Gasteiger partial charge in [-0.25, -0.2) is 4.79 Å². The van der Waals surface area contributed by atoms with Gasteiger partial charge in [-0.3, -0.25) is 0 Å². The minimum absolute atomic E-state index is 0. The van der Waals surface area contributed by atoms with Gasteiger partial charge in [-0.15, -0.1) is 0 Å². The number of rotatable bonds is 0. The molecule has 1 rings (SSSR count). The molecule has 1 heterocycles. The van der Waals surface area contributed by atoms with E-state index in [4.69, 9.17) is 10.5 Å². The maximum absolute atomic E-state index is 10.4. The number of primary amides is 1. The van der Waals surface area contributed by atoms with Crippen LogP contribution in [-0.4, -0.2) is 56.1 Å². The summed E-state index contributed by atoms with van der Waals surface area (Å²) in [6.07, 6.45) is 0. The van der Waals surface area contributed by atoms with E-state index < -0.39 is 0 Å². The van der Waals surface area contributed by atoms with Crippen molar-refractivity contribution in [2.45, 2.75) is 0 Å². The molecule has 0 unspecified atom stereocenters. The summed E-state index contributed by atoms with van der Waals surface area (Å²) >= 11 is 0. The van der Waals surface area contributed by atoms with E-state index in [1.165, 1.54) is 0 Å². The molecule has 1 aliphatic heterocycles. The topological polar surface area (TPSA) is 55.6 Å². The normalized spacial score (nSPS) is 17.8. The van der Waals surface area contributed by atoms with Gasteiger partial charge in [0.15, 0.2) is 0 Å². The average Bonchev–Trinajstić information content (AvgIpc) is 1.90. The summed E-state index contributed by atoms with van der Waals surface area (Å²) < 4.78 is 5.00. The Morgan fingerprint density at radius 3 is 2.20 bits per heavy atom. The van der Waals surface area contributed by atoms with Crippen molar-refractivity contribution >= 4 is 24.9 Å². The number of nitrogens with zero attached hydrogens (tertiary/aromatic N) is 1. The van der Waals surface area contributed by atoms with Crippen LogP contribution >= 0.6 is 0 Å². The zero-order chi connectivity index (χ0) is 6.69. The molecule has 0 aromatic rings. The van der Waals surface area contributed by atoms with Gasteiger partial charge in [0.1, 0.15) is 0 Å². The Morgan fingerprint density at radius 1 is 1.40 bits per heavy atom. The Morgan fingerprint density at radius 2 is 1.90 bits per heavy atom. The van der Waals surface area contributed by atoms with Gasteiger partial charge in [-0.05, 0) is 0 Å². The molecule has 0 aromatic carbocycles. The summed E-state index contributed by atoms with van der Waals surface area (Å²) in [5, 5.41) is 0. The molecule has 0 atom stereocenters. The van der Waals surface area contributed by atoms with Gasteiger partial charge in [0.25, 0.3) is 0 Å². The van der Waals surface area contributed by atoms with Gasteiger partial charge in [0, 0.05) is 32.0 Å². The number of amides is 2. The molecule has 1 saturated heterocycles. The van der Waals surface area contributed by atoms with Crippen LogP contribution in [0.1, 0.15) is 0 Å². The van der Waals surface area contributed by atoms with Crippen LogP contribution in [0.3, 0.4) is 0 Å². The number of hydrogen-bond acceptors (Lipinski definition) is 2. The first-order valence-corrected chi connectivity index (χ1v) is 2.93. The maximum Gasteiger partial charge on any atom is 0.314 e. The quantitative estimate of drug-likeness (QED) is 0.436. The SMILES string of the molecule is NC(=O)N1CCOCC1.[Li]. The summed E-state index contributed by atoms with van der Waals surface area (Å²) in [5.74, 6) is 0.